The normalized spacial score (nSPS) is 20.2. The summed E-state index contributed by atoms with van der Waals surface area (Å²) >= 11 is 6.08. The maximum Gasteiger partial charge on any atom is 0.244 e. The molecule has 0 spiro atoms. The van der Waals surface area contributed by atoms with Crippen molar-refractivity contribution >= 4 is 17.5 Å². The highest BCUT2D eigenvalue weighted by atomic mass is 35.5. The maximum absolute atomic E-state index is 12.2. The van der Waals surface area contributed by atoms with E-state index in [0.717, 1.165) is 30.9 Å². The monoisotopic (exact) mass is 269 g/mol. The van der Waals surface area contributed by atoms with E-state index in [2.05, 4.69) is 12.0 Å². The fourth-order valence-electron chi connectivity index (χ4n) is 2.47. The summed E-state index contributed by atoms with van der Waals surface area (Å²) in [6, 6.07) is 0. The van der Waals surface area contributed by atoms with Crippen LogP contribution in [0.5, 0.6) is 0 Å². The van der Waals surface area contributed by atoms with Crippen molar-refractivity contribution in [3.8, 4) is 0 Å². The van der Waals surface area contributed by atoms with Gasteiger partial charge in [0.25, 0.3) is 0 Å². The van der Waals surface area contributed by atoms with E-state index in [1.54, 1.807) is 4.68 Å². The van der Waals surface area contributed by atoms with Gasteiger partial charge in [-0.3, -0.25) is 9.48 Å². The van der Waals surface area contributed by atoms with Crippen LogP contribution in [0.15, 0.2) is 0 Å². The number of hydrogen-bond donors (Lipinski definition) is 0. The van der Waals surface area contributed by atoms with Crippen LogP contribution in [0, 0.1) is 19.8 Å². The first-order valence-electron chi connectivity index (χ1n) is 6.46. The van der Waals surface area contributed by atoms with Gasteiger partial charge >= 0.3 is 0 Å². The van der Waals surface area contributed by atoms with Gasteiger partial charge in [-0.05, 0) is 32.6 Å². The zero-order valence-electron chi connectivity index (χ0n) is 11.2. The maximum atomic E-state index is 12.2. The lowest BCUT2D eigenvalue weighted by atomic mass is 10.0. The molecule has 1 fully saturated rings. The zero-order chi connectivity index (χ0) is 13.3. The number of piperidine rings is 1. The SMILES string of the molecule is Cc1nn(CC(=O)N2CCC[C@H](C)C2)c(C)c1Cl. The van der Waals surface area contributed by atoms with Crippen LogP contribution in [0.3, 0.4) is 0 Å². The van der Waals surface area contributed by atoms with Gasteiger partial charge in [0, 0.05) is 13.1 Å². The number of rotatable bonds is 2. The number of halogens is 1. The van der Waals surface area contributed by atoms with Crippen molar-refractivity contribution in [1.29, 1.82) is 0 Å². The lowest BCUT2D eigenvalue weighted by molar-refractivity contribution is -0.133. The number of aromatic nitrogens is 2. The highest BCUT2D eigenvalue weighted by molar-refractivity contribution is 6.31. The molecule has 0 aromatic carbocycles. The fourth-order valence-corrected chi connectivity index (χ4v) is 2.61. The Kier molecular flexibility index (Phi) is 3.95. The minimum atomic E-state index is 0.142. The number of nitrogens with zero attached hydrogens (tertiary/aromatic N) is 3. The third-order valence-electron chi connectivity index (χ3n) is 3.59. The summed E-state index contributed by atoms with van der Waals surface area (Å²) in [6.45, 7) is 7.99. The molecule has 0 saturated carbocycles. The Morgan fingerprint density at radius 1 is 1.50 bits per heavy atom. The van der Waals surface area contributed by atoms with Crippen molar-refractivity contribution in [2.24, 2.45) is 5.92 Å². The van der Waals surface area contributed by atoms with Gasteiger partial charge < -0.3 is 4.90 Å². The highest BCUT2D eigenvalue weighted by Crippen LogP contribution is 2.20. The van der Waals surface area contributed by atoms with E-state index >= 15 is 0 Å². The van der Waals surface area contributed by atoms with E-state index in [0.29, 0.717) is 17.5 Å². The lowest BCUT2D eigenvalue weighted by Crippen LogP contribution is -2.41. The van der Waals surface area contributed by atoms with Crippen LogP contribution in [0.2, 0.25) is 5.02 Å². The Morgan fingerprint density at radius 3 is 2.78 bits per heavy atom. The third kappa shape index (κ3) is 2.69. The molecule has 4 nitrogen and oxygen atoms in total. The lowest BCUT2D eigenvalue weighted by Gasteiger charge is -2.31. The average Bonchev–Trinajstić information content (AvgIpc) is 2.57. The molecule has 0 unspecified atom stereocenters. The Bertz CT molecular complexity index is 455. The number of carbonyl (C=O) groups excluding carboxylic acids is 1. The second-order valence-electron chi connectivity index (χ2n) is 5.23. The smallest absolute Gasteiger partial charge is 0.244 e. The van der Waals surface area contributed by atoms with Crippen molar-refractivity contribution < 1.29 is 4.79 Å². The summed E-state index contributed by atoms with van der Waals surface area (Å²) in [7, 11) is 0. The van der Waals surface area contributed by atoms with Crippen LogP contribution in [0.25, 0.3) is 0 Å². The molecule has 2 heterocycles. The molecular formula is C13H20ClN3O. The van der Waals surface area contributed by atoms with Crippen molar-refractivity contribution in [3.05, 3.63) is 16.4 Å². The third-order valence-corrected chi connectivity index (χ3v) is 4.13. The van der Waals surface area contributed by atoms with Crippen molar-refractivity contribution in [2.75, 3.05) is 13.1 Å². The Hall–Kier alpha value is -1.03. The van der Waals surface area contributed by atoms with Gasteiger partial charge in [0.2, 0.25) is 5.91 Å². The number of carbonyl (C=O) groups is 1. The van der Waals surface area contributed by atoms with Gasteiger partial charge in [-0.2, -0.15) is 5.10 Å². The summed E-state index contributed by atoms with van der Waals surface area (Å²) in [5.74, 6) is 0.746. The Labute approximate surface area is 113 Å². The van der Waals surface area contributed by atoms with Crippen LogP contribution >= 0.6 is 11.6 Å². The standard InChI is InChI=1S/C13H20ClN3O/c1-9-5-4-6-16(7-9)12(18)8-17-11(3)13(14)10(2)15-17/h9H,4-8H2,1-3H3/t9-/m0/s1. The van der Waals surface area contributed by atoms with E-state index in [1.165, 1.54) is 6.42 Å². The van der Waals surface area contributed by atoms with Crippen LogP contribution in [-0.4, -0.2) is 33.7 Å². The molecule has 0 bridgehead atoms. The molecule has 1 atom stereocenters. The van der Waals surface area contributed by atoms with Crippen LogP contribution in [0.4, 0.5) is 0 Å². The minimum Gasteiger partial charge on any atom is -0.341 e. The van der Waals surface area contributed by atoms with Crippen molar-refractivity contribution in [3.63, 3.8) is 0 Å². The van der Waals surface area contributed by atoms with Crippen LogP contribution in [0.1, 0.15) is 31.2 Å². The van der Waals surface area contributed by atoms with E-state index in [9.17, 15) is 4.79 Å². The predicted molar refractivity (Wildman–Crippen MR) is 71.7 cm³/mol. The summed E-state index contributed by atoms with van der Waals surface area (Å²) in [5, 5.41) is 4.96. The first kappa shape index (κ1) is 13.4. The van der Waals surface area contributed by atoms with E-state index in [-0.39, 0.29) is 5.91 Å². The molecular weight excluding hydrogens is 250 g/mol. The molecule has 18 heavy (non-hydrogen) atoms. The van der Waals surface area contributed by atoms with Crippen molar-refractivity contribution in [1.82, 2.24) is 14.7 Å². The molecule has 1 aromatic rings. The fraction of sp³-hybridized carbons (Fsp3) is 0.692. The average molecular weight is 270 g/mol. The summed E-state index contributed by atoms with van der Waals surface area (Å²) in [4.78, 5) is 14.2. The molecule has 0 N–H and O–H groups in total. The molecule has 1 aliphatic heterocycles. The number of aryl methyl sites for hydroxylation is 1. The second-order valence-corrected chi connectivity index (χ2v) is 5.61. The van der Waals surface area contributed by atoms with Crippen LogP contribution in [-0.2, 0) is 11.3 Å². The molecule has 2 rings (SSSR count). The van der Waals surface area contributed by atoms with Gasteiger partial charge in [0.15, 0.2) is 0 Å². The van der Waals surface area contributed by atoms with Gasteiger partial charge in [0.1, 0.15) is 6.54 Å². The van der Waals surface area contributed by atoms with Crippen molar-refractivity contribution in [2.45, 2.75) is 40.2 Å². The van der Waals surface area contributed by atoms with Gasteiger partial charge in [-0.25, -0.2) is 0 Å². The second kappa shape index (κ2) is 5.31. The molecule has 1 saturated heterocycles. The summed E-state index contributed by atoms with van der Waals surface area (Å²) < 4.78 is 1.71. The largest absolute Gasteiger partial charge is 0.341 e. The molecule has 1 aliphatic rings. The topological polar surface area (TPSA) is 38.1 Å². The van der Waals surface area contributed by atoms with E-state index in [4.69, 9.17) is 11.6 Å². The summed E-state index contributed by atoms with van der Waals surface area (Å²) in [6.07, 6.45) is 2.32. The Morgan fingerprint density at radius 2 is 2.22 bits per heavy atom. The first-order chi connectivity index (χ1) is 8.49. The first-order valence-corrected chi connectivity index (χ1v) is 6.84. The summed E-state index contributed by atoms with van der Waals surface area (Å²) in [5.41, 5.74) is 1.65. The number of amides is 1. The van der Waals surface area contributed by atoms with Gasteiger partial charge in [-0.15, -0.1) is 0 Å². The molecule has 0 aliphatic carbocycles. The number of hydrogen-bond acceptors (Lipinski definition) is 2. The minimum absolute atomic E-state index is 0.142. The van der Waals surface area contributed by atoms with Crippen LogP contribution < -0.4 is 0 Å². The highest BCUT2D eigenvalue weighted by Gasteiger charge is 2.22. The molecule has 100 valence electrons. The quantitative estimate of drug-likeness (QED) is 0.827. The molecule has 1 amide bonds. The Balaban J connectivity index is 2.04. The van der Waals surface area contributed by atoms with E-state index in [1.807, 2.05) is 18.7 Å². The predicted octanol–water partition coefficient (Wildman–Crippen LogP) is 2.41. The van der Waals surface area contributed by atoms with E-state index < -0.39 is 0 Å². The van der Waals surface area contributed by atoms with Gasteiger partial charge in [0.05, 0.1) is 16.4 Å². The molecule has 0 radical (unpaired) electrons. The molecule has 5 heteroatoms. The van der Waals surface area contributed by atoms with Gasteiger partial charge in [-0.1, -0.05) is 18.5 Å². The zero-order valence-corrected chi connectivity index (χ0v) is 12.0. The number of likely N-dealkylation sites (tertiary alicyclic amines) is 1. The molecule has 1 aromatic heterocycles.